The van der Waals surface area contributed by atoms with Gasteiger partial charge < -0.3 is 11.1 Å². The highest BCUT2D eigenvalue weighted by Gasteiger charge is 2.20. The predicted octanol–water partition coefficient (Wildman–Crippen LogP) is 0.757. The van der Waals surface area contributed by atoms with Crippen LogP contribution in [0.3, 0.4) is 0 Å². The van der Waals surface area contributed by atoms with Gasteiger partial charge >= 0.3 is 0 Å². The van der Waals surface area contributed by atoms with Crippen molar-refractivity contribution < 1.29 is 0 Å². The molecule has 1 aliphatic carbocycles. The van der Waals surface area contributed by atoms with Crippen LogP contribution in [0.4, 0.5) is 5.95 Å². The molecule has 0 radical (unpaired) electrons. The van der Waals surface area contributed by atoms with Crippen molar-refractivity contribution in [3.05, 3.63) is 18.0 Å². The molecule has 70 valence electrons. The molecule has 1 aliphatic rings. The number of anilines is 1. The maximum Gasteiger partial charge on any atom is 0.222 e. The van der Waals surface area contributed by atoms with E-state index in [2.05, 4.69) is 15.3 Å². The van der Waals surface area contributed by atoms with E-state index < -0.39 is 0 Å². The van der Waals surface area contributed by atoms with E-state index in [1.165, 1.54) is 12.8 Å². The van der Waals surface area contributed by atoms with Gasteiger partial charge in [-0.1, -0.05) is 0 Å². The number of hydrogen-bond donors (Lipinski definition) is 2. The quantitative estimate of drug-likeness (QED) is 0.714. The Balaban J connectivity index is 1.93. The van der Waals surface area contributed by atoms with Gasteiger partial charge in [-0.15, -0.1) is 0 Å². The molecule has 1 aromatic rings. The van der Waals surface area contributed by atoms with Crippen molar-refractivity contribution in [1.82, 2.24) is 9.97 Å². The fourth-order valence-corrected chi connectivity index (χ4v) is 1.15. The van der Waals surface area contributed by atoms with Crippen molar-refractivity contribution in [3.8, 4) is 0 Å². The SMILES string of the molecule is NCc1ccnc(NCC2CC2)n1. The van der Waals surface area contributed by atoms with E-state index in [1.807, 2.05) is 6.07 Å². The molecule has 0 bridgehead atoms. The average molecular weight is 178 g/mol. The first-order valence-corrected chi connectivity index (χ1v) is 4.64. The van der Waals surface area contributed by atoms with Gasteiger partial charge in [-0.25, -0.2) is 9.97 Å². The number of aromatic nitrogens is 2. The van der Waals surface area contributed by atoms with E-state index >= 15 is 0 Å². The van der Waals surface area contributed by atoms with Gasteiger partial charge in [0.25, 0.3) is 0 Å². The van der Waals surface area contributed by atoms with Crippen molar-refractivity contribution in [2.75, 3.05) is 11.9 Å². The van der Waals surface area contributed by atoms with Crippen molar-refractivity contribution in [1.29, 1.82) is 0 Å². The molecule has 0 atom stereocenters. The summed E-state index contributed by atoms with van der Waals surface area (Å²) < 4.78 is 0. The second-order valence-electron chi connectivity index (χ2n) is 3.40. The first-order valence-electron chi connectivity index (χ1n) is 4.64. The summed E-state index contributed by atoms with van der Waals surface area (Å²) >= 11 is 0. The van der Waals surface area contributed by atoms with E-state index in [-0.39, 0.29) is 0 Å². The topological polar surface area (TPSA) is 63.8 Å². The van der Waals surface area contributed by atoms with Crippen LogP contribution in [0.5, 0.6) is 0 Å². The van der Waals surface area contributed by atoms with Crippen LogP contribution in [0.15, 0.2) is 12.3 Å². The molecule has 0 saturated heterocycles. The molecule has 0 unspecified atom stereocenters. The number of nitrogens with zero attached hydrogens (tertiary/aromatic N) is 2. The minimum absolute atomic E-state index is 0.473. The van der Waals surface area contributed by atoms with Crippen LogP contribution in [-0.2, 0) is 6.54 Å². The highest BCUT2D eigenvalue weighted by atomic mass is 15.1. The maximum atomic E-state index is 5.47. The Bertz CT molecular complexity index is 283. The summed E-state index contributed by atoms with van der Waals surface area (Å²) in [4.78, 5) is 8.35. The van der Waals surface area contributed by atoms with Gasteiger partial charge in [-0.05, 0) is 24.8 Å². The van der Waals surface area contributed by atoms with Crippen LogP contribution >= 0.6 is 0 Å². The monoisotopic (exact) mass is 178 g/mol. The summed E-state index contributed by atoms with van der Waals surface area (Å²) in [5.74, 6) is 1.54. The van der Waals surface area contributed by atoms with Crippen LogP contribution in [0, 0.1) is 5.92 Å². The van der Waals surface area contributed by atoms with Crippen LogP contribution in [0.25, 0.3) is 0 Å². The Hall–Kier alpha value is -1.16. The van der Waals surface area contributed by atoms with E-state index in [1.54, 1.807) is 6.20 Å². The van der Waals surface area contributed by atoms with Gasteiger partial charge in [0.05, 0.1) is 5.69 Å². The first kappa shape index (κ1) is 8.44. The zero-order valence-electron chi connectivity index (χ0n) is 7.53. The zero-order valence-corrected chi connectivity index (χ0v) is 7.53. The van der Waals surface area contributed by atoms with Crippen LogP contribution in [-0.4, -0.2) is 16.5 Å². The highest BCUT2D eigenvalue weighted by Crippen LogP contribution is 2.28. The third-order valence-electron chi connectivity index (χ3n) is 2.17. The molecular formula is C9H14N4. The second-order valence-corrected chi connectivity index (χ2v) is 3.40. The lowest BCUT2D eigenvalue weighted by molar-refractivity contribution is 0.864. The highest BCUT2D eigenvalue weighted by molar-refractivity contribution is 5.25. The number of nitrogens with two attached hydrogens (primary N) is 1. The Morgan fingerprint density at radius 2 is 2.38 bits per heavy atom. The van der Waals surface area contributed by atoms with Crippen molar-refractivity contribution in [3.63, 3.8) is 0 Å². The van der Waals surface area contributed by atoms with Gasteiger partial charge in [0, 0.05) is 19.3 Å². The molecule has 2 rings (SSSR count). The lowest BCUT2D eigenvalue weighted by Gasteiger charge is -2.03. The third kappa shape index (κ3) is 2.39. The summed E-state index contributed by atoms with van der Waals surface area (Å²) in [6, 6.07) is 1.84. The number of rotatable bonds is 4. The summed E-state index contributed by atoms with van der Waals surface area (Å²) in [6.45, 7) is 1.47. The molecular weight excluding hydrogens is 164 g/mol. The zero-order chi connectivity index (χ0) is 9.10. The molecule has 1 saturated carbocycles. The van der Waals surface area contributed by atoms with E-state index in [9.17, 15) is 0 Å². The van der Waals surface area contributed by atoms with Crippen molar-refractivity contribution in [2.24, 2.45) is 11.7 Å². The predicted molar refractivity (Wildman–Crippen MR) is 51.1 cm³/mol. The van der Waals surface area contributed by atoms with Gasteiger partial charge in [-0.2, -0.15) is 0 Å². The Morgan fingerprint density at radius 3 is 3.08 bits per heavy atom. The second kappa shape index (κ2) is 3.70. The summed E-state index contributed by atoms with van der Waals surface area (Å²) in [6.07, 6.45) is 4.41. The lowest BCUT2D eigenvalue weighted by Crippen LogP contribution is -2.09. The summed E-state index contributed by atoms with van der Waals surface area (Å²) in [5.41, 5.74) is 6.35. The van der Waals surface area contributed by atoms with Gasteiger partial charge in [0.15, 0.2) is 0 Å². The molecule has 1 aromatic heterocycles. The van der Waals surface area contributed by atoms with Crippen LogP contribution in [0.1, 0.15) is 18.5 Å². The Kier molecular flexibility index (Phi) is 2.40. The molecule has 4 heteroatoms. The first-order chi connectivity index (χ1) is 6.38. The molecule has 4 nitrogen and oxygen atoms in total. The van der Waals surface area contributed by atoms with E-state index in [0.717, 1.165) is 18.2 Å². The third-order valence-corrected chi connectivity index (χ3v) is 2.17. The Labute approximate surface area is 77.6 Å². The Morgan fingerprint density at radius 1 is 1.54 bits per heavy atom. The fraction of sp³-hybridized carbons (Fsp3) is 0.556. The average Bonchev–Trinajstić information content (AvgIpc) is 2.99. The lowest BCUT2D eigenvalue weighted by atomic mass is 10.4. The van der Waals surface area contributed by atoms with Crippen LogP contribution < -0.4 is 11.1 Å². The smallest absolute Gasteiger partial charge is 0.222 e. The van der Waals surface area contributed by atoms with E-state index in [0.29, 0.717) is 12.5 Å². The van der Waals surface area contributed by atoms with Crippen molar-refractivity contribution >= 4 is 5.95 Å². The van der Waals surface area contributed by atoms with Gasteiger partial charge in [-0.3, -0.25) is 0 Å². The molecule has 0 amide bonds. The van der Waals surface area contributed by atoms with Gasteiger partial charge in [0.1, 0.15) is 0 Å². The summed E-state index contributed by atoms with van der Waals surface area (Å²) in [7, 11) is 0. The molecule has 0 aliphatic heterocycles. The fourth-order valence-electron chi connectivity index (χ4n) is 1.15. The molecule has 0 spiro atoms. The molecule has 1 heterocycles. The minimum Gasteiger partial charge on any atom is -0.354 e. The van der Waals surface area contributed by atoms with Gasteiger partial charge in [0.2, 0.25) is 5.95 Å². The maximum absolute atomic E-state index is 5.47. The normalized spacial score (nSPS) is 15.8. The van der Waals surface area contributed by atoms with Crippen molar-refractivity contribution in [2.45, 2.75) is 19.4 Å². The van der Waals surface area contributed by atoms with E-state index in [4.69, 9.17) is 5.73 Å². The number of hydrogen-bond acceptors (Lipinski definition) is 4. The molecule has 0 aromatic carbocycles. The summed E-state index contributed by atoms with van der Waals surface area (Å²) in [5, 5.41) is 3.20. The molecule has 3 N–H and O–H groups in total. The standard InChI is InChI=1S/C9H14N4/c10-5-8-3-4-11-9(13-8)12-6-7-1-2-7/h3-4,7H,1-2,5-6,10H2,(H,11,12,13). The van der Waals surface area contributed by atoms with Crippen LogP contribution in [0.2, 0.25) is 0 Å². The molecule has 13 heavy (non-hydrogen) atoms. The molecule has 1 fully saturated rings. The number of nitrogens with one attached hydrogen (secondary N) is 1. The minimum atomic E-state index is 0.473. The largest absolute Gasteiger partial charge is 0.354 e.